The van der Waals surface area contributed by atoms with Gasteiger partial charge in [0.1, 0.15) is 10.7 Å². The van der Waals surface area contributed by atoms with Crippen LogP contribution >= 0.6 is 11.3 Å². The van der Waals surface area contributed by atoms with Crippen LogP contribution in [-0.2, 0) is 11.2 Å². The maximum absolute atomic E-state index is 11.9. The number of nitrogens with one attached hydrogen (secondary N) is 1. The molecular formula is C12H16N2O2S. The van der Waals surface area contributed by atoms with E-state index in [-0.39, 0.29) is 5.56 Å². The normalized spacial score (nSPS) is 11.2. The molecule has 0 saturated carbocycles. The maximum Gasteiger partial charge on any atom is 0.259 e. The molecule has 0 fully saturated rings. The molecule has 2 heterocycles. The Morgan fingerprint density at radius 2 is 2.18 bits per heavy atom. The van der Waals surface area contributed by atoms with Crippen LogP contribution in [0.25, 0.3) is 10.2 Å². The molecule has 0 radical (unpaired) electrons. The van der Waals surface area contributed by atoms with Crippen LogP contribution in [0, 0.1) is 13.8 Å². The predicted octanol–water partition coefficient (Wildman–Crippen LogP) is 2.18. The Balaban J connectivity index is 2.39. The van der Waals surface area contributed by atoms with Crippen molar-refractivity contribution in [1.29, 1.82) is 0 Å². The summed E-state index contributed by atoms with van der Waals surface area (Å²) < 4.78 is 5.26. The molecule has 0 atom stereocenters. The maximum atomic E-state index is 11.9. The summed E-state index contributed by atoms with van der Waals surface area (Å²) in [4.78, 5) is 21.2. The average Bonchev–Trinajstić information content (AvgIpc) is 2.55. The summed E-state index contributed by atoms with van der Waals surface area (Å²) in [6, 6.07) is 0. The van der Waals surface area contributed by atoms with Crippen molar-refractivity contribution in [3.05, 3.63) is 26.6 Å². The SMILES string of the molecule is CCOCCc1nc2sc(C)c(C)c2c(=O)[nH]1. The second-order valence-electron chi connectivity index (χ2n) is 3.92. The van der Waals surface area contributed by atoms with E-state index in [9.17, 15) is 4.79 Å². The smallest absolute Gasteiger partial charge is 0.259 e. The number of fused-ring (bicyclic) bond motifs is 1. The minimum Gasteiger partial charge on any atom is -0.381 e. The first-order valence-corrected chi connectivity index (χ1v) is 6.51. The van der Waals surface area contributed by atoms with Gasteiger partial charge in [-0.2, -0.15) is 0 Å². The van der Waals surface area contributed by atoms with E-state index in [1.165, 1.54) is 0 Å². The fraction of sp³-hybridized carbons (Fsp3) is 0.500. The second-order valence-corrected chi connectivity index (χ2v) is 5.13. The monoisotopic (exact) mass is 252 g/mol. The van der Waals surface area contributed by atoms with Crippen molar-refractivity contribution < 1.29 is 4.74 Å². The molecule has 2 aromatic heterocycles. The van der Waals surface area contributed by atoms with Crippen LogP contribution in [0.5, 0.6) is 0 Å². The molecule has 0 amide bonds. The lowest BCUT2D eigenvalue weighted by atomic mass is 10.2. The van der Waals surface area contributed by atoms with Crippen LogP contribution in [0.1, 0.15) is 23.2 Å². The number of ether oxygens (including phenoxy) is 1. The van der Waals surface area contributed by atoms with Gasteiger partial charge in [0, 0.05) is 17.9 Å². The largest absolute Gasteiger partial charge is 0.381 e. The summed E-state index contributed by atoms with van der Waals surface area (Å²) in [5, 5.41) is 0.729. The third-order valence-electron chi connectivity index (χ3n) is 2.78. The average molecular weight is 252 g/mol. The van der Waals surface area contributed by atoms with Gasteiger partial charge in [-0.3, -0.25) is 4.79 Å². The third kappa shape index (κ3) is 2.40. The highest BCUT2D eigenvalue weighted by molar-refractivity contribution is 7.18. The summed E-state index contributed by atoms with van der Waals surface area (Å²) in [6.45, 7) is 7.20. The Kier molecular flexibility index (Phi) is 3.59. The molecule has 5 heteroatoms. The van der Waals surface area contributed by atoms with E-state index in [4.69, 9.17) is 4.74 Å². The van der Waals surface area contributed by atoms with E-state index in [0.717, 1.165) is 20.7 Å². The number of aromatic nitrogens is 2. The molecule has 0 aliphatic heterocycles. The van der Waals surface area contributed by atoms with E-state index in [1.54, 1.807) is 11.3 Å². The van der Waals surface area contributed by atoms with Crippen LogP contribution in [-0.4, -0.2) is 23.2 Å². The van der Waals surface area contributed by atoms with E-state index in [2.05, 4.69) is 9.97 Å². The predicted molar refractivity (Wildman–Crippen MR) is 69.9 cm³/mol. The molecule has 0 unspecified atom stereocenters. The first-order valence-electron chi connectivity index (χ1n) is 5.70. The van der Waals surface area contributed by atoms with E-state index < -0.39 is 0 Å². The van der Waals surface area contributed by atoms with Crippen LogP contribution in [0.3, 0.4) is 0 Å². The Bertz CT molecular complexity index is 586. The zero-order valence-electron chi connectivity index (χ0n) is 10.3. The molecule has 92 valence electrons. The van der Waals surface area contributed by atoms with Crippen LogP contribution in [0.15, 0.2) is 4.79 Å². The Labute approximate surface area is 104 Å². The first kappa shape index (κ1) is 12.3. The summed E-state index contributed by atoms with van der Waals surface area (Å²) in [6.07, 6.45) is 0.648. The highest BCUT2D eigenvalue weighted by Crippen LogP contribution is 2.25. The molecule has 4 nitrogen and oxygen atoms in total. The zero-order valence-corrected chi connectivity index (χ0v) is 11.1. The van der Waals surface area contributed by atoms with Crippen molar-refractivity contribution in [3.8, 4) is 0 Å². The van der Waals surface area contributed by atoms with Gasteiger partial charge in [-0.05, 0) is 26.3 Å². The van der Waals surface area contributed by atoms with Crippen LogP contribution < -0.4 is 5.56 Å². The Morgan fingerprint density at radius 1 is 1.41 bits per heavy atom. The summed E-state index contributed by atoms with van der Waals surface area (Å²) >= 11 is 1.57. The lowest BCUT2D eigenvalue weighted by Crippen LogP contribution is -2.13. The molecule has 0 aromatic carbocycles. The standard InChI is InChI=1S/C12H16N2O2S/c1-4-16-6-5-9-13-11(15)10-7(2)8(3)17-12(10)14-9/h4-6H2,1-3H3,(H,13,14,15). The molecular weight excluding hydrogens is 236 g/mol. The summed E-state index contributed by atoms with van der Waals surface area (Å²) in [7, 11) is 0. The number of aromatic amines is 1. The number of nitrogens with zero attached hydrogens (tertiary/aromatic N) is 1. The molecule has 0 saturated heterocycles. The van der Waals surface area contributed by atoms with Gasteiger partial charge in [0.2, 0.25) is 0 Å². The minimum absolute atomic E-state index is 0.0386. The lowest BCUT2D eigenvalue weighted by molar-refractivity contribution is 0.149. The fourth-order valence-electron chi connectivity index (χ4n) is 1.73. The van der Waals surface area contributed by atoms with Crippen LogP contribution in [0.4, 0.5) is 0 Å². The number of aryl methyl sites for hydroxylation is 2. The quantitative estimate of drug-likeness (QED) is 0.849. The van der Waals surface area contributed by atoms with Gasteiger partial charge in [-0.1, -0.05) is 0 Å². The lowest BCUT2D eigenvalue weighted by Gasteiger charge is -2.01. The molecule has 1 N–H and O–H groups in total. The molecule has 2 aromatic rings. The summed E-state index contributed by atoms with van der Waals surface area (Å²) in [5.41, 5.74) is 0.999. The molecule has 2 rings (SSSR count). The highest BCUT2D eigenvalue weighted by atomic mass is 32.1. The summed E-state index contributed by atoms with van der Waals surface area (Å²) in [5.74, 6) is 0.706. The number of hydrogen-bond acceptors (Lipinski definition) is 4. The topological polar surface area (TPSA) is 55.0 Å². The van der Waals surface area contributed by atoms with Crippen molar-refractivity contribution in [1.82, 2.24) is 9.97 Å². The van der Waals surface area contributed by atoms with Crippen molar-refractivity contribution >= 4 is 21.6 Å². The van der Waals surface area contributed by atoms with Gasteiger partial charge in [0.05, 0.1) is 12.0 Å². The fourth-order valence-corrected chi connectivity index (χ4v) is 2.78. The van der Waals surface area contributed by atoms with Gasteiger partial charge in [-0.25, -0.2) is 4.98 Å². The van der Waals surface area contributed by atoms with Crippen molar-refractivity contribution in [2.45, 2.75) is 27.2 Å². The molecule has 0 aliphatic rings. The van der Waals surface area contributed by atoms with Gasteiger partial charge >= 0.3 is 0 Å². The van der Waals surface area contributed by atoms with Crippen molar-refractivity contribution in [2.75, 3.05) is 13.2 Å². The van der Waals surface area contributed by atoms with Gasteiger partial charge in [0.25, 0.3) is 5.56 Å². The van der Waals surface area contributed by atoms with E-state index in [0.29, 0.717) is 25.5 Å². The molecule has 0 aliphatic carbocycles. The van der Waals surface area contributed by atoms with Crippen LogP contribution in [0.2, 0.25) is 0 Å². The minimum atomic E-state index is -0.0386. The van der Waals surface area contributed by atoms with E-state index in [1.807, 2.05) is 20.8 Å². The molecule has 0 spiro atoms. The highest BCUT2D eigenvalue weighted by Gasteiger charge is 2.11. The number of hydrogen-bond donors (Lipinski definition) is 1. The Morgan fingerprint density at radius 3 is 2.88 bits per heavy atom. The Hall–Kier alpha value is -1.20. The van der Waals surface area contributed by atoms with Crippen molar-refractivity contribution in [3.63, 3.8) is 0 Å². The third-order valence-corrected chi connectivity index (χ3v) is 3.88. The van der Waals surface area contributed by atoms with Gasteiger partial charge in [-0.15, -0.1) is 11.3 Å². The molecule has 0 bridgehead atoms. The van der Waals surface area contributed by atoms with Gasteiger partial charge < -0.3 is 9.72 Å². The van der Waals surface area contributed by atoms with Gasteiger partial charge in [0.15, 0.2) is 0 Å². The number of thiophene rings is 1. The zero-order chi connectivity index (χ0) is 12.4. The van der Waals surface area contributed by atoms with E-state index >= 15 is 0 Å². The second kappa shape index (κ2) is 4.98. The molecule has 17 heavy (non-hydrogen) atoms. The number of rotatable bonds is 4. The first-order chi connectivity index (χ1) is 8.13. The van der Waals surface area contributed by atoms with Crippen molar-refractivity contribution in [2.24, 2.45) is 0 Å². The number of H-pyrrole nitrogens is 1.